The second kappa shape index (κ2) is 4.14. The van der Waals surface area contributed by atoms with Crippen molar-refractivity contribution in [1.82, 2.24) is 14.6 Å². The molecule has 3 aromatic rings. The molecule has 2 heterocycles. The minimum atomic E-state index is 0.679. The van der Waals surface area contributed by atoms with Gasteiger partial charge in [0.2, 0.25) is 0 Å². The van der Waals surface area contributed by atoms with E-state index in [2.05, 4.69) is 10.1 Å². The molecule has 0 saturated carbocycles. The highest BCUT2D eigenvalue weighted by Crippen LogP contribution is 2.27. The lowest BCUT2D eigenvalue weighted by molar-refractivity contribution is 0.416. The van der Waals surface area contributed by atoms with Gasteiger partial charge < -0.3 is 4.74 Å². The molecular weight excluding hydrogens is 226 g/mol. The fraction of sp³-hybridized carbons (Fsp3) is 0.143. The van der Waals surface area contributed by atoms with Crippen LogP contribution in [0.1, 0.15) is 5.56 Å². The summed E-state index contributed by atoms with van der Waals surface area (Å²) in [5.41, 5.74) is 2.89. The second-order valence-corrected chi connectivity index (χ2v) is 4.14. The van der Waals surface area contributed by atoms with Crippen molar-refractivity contribution in [3.63, 3.8) is 0 Å². The van der Waals surface area contributed by atoms with Gasteiger partial charge >= 0.3 is 0 Å². The number of benzene rings is 1. The molecule has 0 aliphatic rings. The van der Waals surface area contributed by atoms with Crippen molar-refractivity contribution in [2.75, 3.05) is 7.11 Å². The van der Waals surface area contributed by atoms with Gasteiger partial charge in [0.25, 0.3) is 0 Å². The Morgan fingerprint density at radius 3 is 2.78 bits per heavy atom. The van der Waals surface area contributed by atoms with Crippen LogP contribution in [0.5, 0.6) is 5.75 Å². The van der Waals surface area contributed by atoms with E-state index < -0.39 is 0 Å². The van der Waals surface area contributed by atoms with E-state index in [1.165, 1.54) is 0 Å². The minimum absolute atomic E-state index is 0.679. The third-order valence-electron chi connectivity index (χ3n) is 2.83. The number of aromatic nitrogens is 3. The lowest BCUT2D eigenvalue weighted by Gasteiger charge is -2.03. The number of hydrogen-bond acceptors (Lipinski definition) is 3. The van der Waals surface area contributed by atoms with E-state index in [1.807, 2.05) is 49.5 Å². The minimum Gasteiger partial charge on any atom is -0.496 e. The van der Waals surface area contributed by atoms with Gasteiger partial charge in [-0.15, -0.1) is 5.10 Å². The molecule has 2 aromatic heterocycles. The van der Waals surface area contributed by atoms with Gasteiger partial charge in [0.1, 0.15) is 5.75 Å². The van der Waals surface area contributed by atoms with Crippen LogP contribution in [0.15, 0.2) is 42.6 Å². The Hall–Kier alpha value is -2.36. The second-order valence-electron chi connectivity index (χ2n) is 4.14. The smallest absolute Gasteiger partial charge is 0.185 e. The molecule has 0 fully saturated rings. The number of aryl methyl sites for hydroxylation is 1. The first-order chi connectivity index (χ1) is 8.78. The molecule has 18 heavy (non-hydrogen) atoms. The summed E-state index contributed by atoms with van der Waals surface area (Å²) in [6.07, 6.45) is 1.96. The molecule has 3 rings (SSSR count). The number of hydrogen-bond donors (Lipinski definition) is 0. The predicted molar refractivity (Wildman–Crippen MR) is 69.7 cm³/mol. The molecule has 0 aliphatic carbocycles. The molecule has 0 radical (unpaired) electrons. The van der Waals surface area contributed by atoms with Crippen molar-refractivity contribution in [2.24, 2.45) is 0 Å². The van der Waals surface area contributed by atoms with Gasteiger partial charge in [-0.05, 0) is 30.7 Å². The molecule has 4 heteroatoms. The molecule has 0 saturated heterocycles. The van der Waals surface area contributed by atoms with Gasteiger partial charge in [-0.3, -0.25) is 0 Å². The van der Waals surface area contributed by atoms with E-state index in [4.69, 9.17) is 4.74 Å². The molecule has 0 unspecified atom stereocenters. The number of para-hydroxylation sites is 1. The topological polar surface area (TPSA) is 39.4 Å². The molecule has 90 valence electrons. The lowest BCUT2D eigenvalue weighted by atomic mass is 10.2. The third-order valence-corrected chi connectivity index (χ3v) is 2.83. The number of methoxy groups -OCH3 is 1. The van der Waals surface area contributed by atoms with Crippen LogP contribution in [0.2, 0.25) is 0 Å². The Kier molecular flexibility index (Phi) is 2.48. The van der Waals surface area contributed by atoms with Crippen LogP contribution in [0, 0.1) is 6.92 Å². The van der Waals surface area contributed by atoms with Crippen LogP contribution < -0.4 is 4.74 Å². The van der Waals surface area contributed by atoms with E-state index in [1.54, 1.807) is 11.6 Å². The molecule has 0 spiro atoms. The number of ether oxygens (including phenoxy) is 1. The summed E-state index contributed by atoms with van der Waals surface area (Å²) in [5, 5.41) is 4.48. The first-order valence-electron chi connectivity index (χ1n) is 5.74. The standard InChI is InChI=1S/C14H13N3O/c1-10-7-8-13-15-14(16-17(13)9-10)11-5-3-4-6-12(11)18-2/h3-9H,1-2H3. The molecule has 0 N–H and O–H groups in total. The van der Waals surface area contributed by atoms with Gasteiger partial charge in [0.15, 0.2) is 11.5 Å². The van der Waals surface area contributed by atoms with Crippen molar-refractivity contribution in [2.45, 2.75) is 6.92 Å². The molecule has 0 bridgehead atoms. The van der Waals surface area contributed by atoms with Crippen molar-refractivity contribution >= 4 is 5.65 Å². The number of fused-ring (bicyclic) bond motifs is 1. The van der Waals surface area contributed by atoms with E-state index in [9.17, 15) is 0 Å². The van der Waals surface area contributed by atoms with Crippen LogP contribution in [0.4, 0.5) is 0 Å². The van der Waals surface area contributed by atoms with Crippen LogP contribution >= 0.6 is 0 Å². The van der Waals surface area contributed by atoms with Gasteiger partial charge in [-0.2, -0.15) is 0 Å². The quantitative estimate of drug-likeness (QED) is 0.690. The maximum atomic E-state index is 5.33. The first kappa shape index (κ1) is 10.8. The Bertz CT molecular complexity index is 703. The van der Waals surface area contributed by atoms with Gasteiger partial charge in [-0.25, -0.2) is 9.50 Å². The highest BCUT2D eigenvalue weighted by molar-refractivity contribution is 5.65. The summed E-state index contributed by atoms with van der Waals surface area (Å²) in [6, 6.07) is 11.7. The zero-order valence-electron chi connectivity index (χ0n) is 10.3. The highest BCUT2D eigenvalue weighted by atomic mass is 16.5. The molecular formula is C14H13N3O. The average molecular weight is 239 g/mol. The SMILES string of the molecule is COc1ccccc1-c1nc2ccc(C)cn2n1. The largest absolute Gasteiger partial charge is 0.496 e. The van der Waals surface area contributed by atoms with Crippen molar-refractivity contribution in [1.29, 1.82) is 0 Å². The Morgan fingerprint density at radius 2 is 1.94 bits per heavy atom. The van der Waals surface area contributed by atoms with E-state index >= 15 is 0 Å². The zero-order valence-corrected chi connectivity index (χ0v) is 10.3. The van der Waals surface area contributed by atoms with E-state index in [-0.39, 0.29) is 0 Å². The average Bonchev–Trinajstić information content (AvgIpc) is 2.81. The first-order valence-corrected chi connectivity index (χ1v) is 5.74. The summed E-state index contributed by atoms with van der Waals surface area (Å²) in [4.78, 5) is 4.50. The number of nitrogens with zero attached hydrogens (tertiary/aromatic N) is 3. The molecule has 4 nitrogen and oxygen atoms in total. The normalized spacial score (nSPS) is 10.8. The predicted octanol–water partition coefficient (Wildman–Crippen LogP) is 2.71. The van der Waals surface area contributed by atoms with Crippen molar-refractivity contribution in [3.8, 4) is 17.1 Å². The maximum Gasteiger partial charge on any atom is 0.185 e. The highest BCUT2D eigenvalue weighted by Gasteiger charge is 2.10. The number of pyridine rings is 1. The van der Waals surface area contributed by atoms with Crippen molar-refractivity contribution in [3.05, 3.63) is 48.2 Å². The molecule has 1 aromatic carbocycles. The summed E-state index contributed by atoms with van der Waals surface area (Å²) in [6.45, 7) is 2.03. The summed E-state index contributed by atoms with van der Waals surface area (Å²) in [7, 11) is 1.65. The maximum absolute atomic E-state index is 5.33. The third kappa shape index (κ3) is 1.72. The molecule has 0 atom stereocenters. The van der Waals surface area contributed by atoms with Gasteiger partial charge in [0.05, 0.1) is 12.7 Å². The van der Waals surface area contributed by atoms with Crippen LogP contribution in [0.25, 0.3) is 17.0 Å². The van der Waals surface area contributed by atoms with Crippen LogP contribution in [-0.2, 0) is 0 Å². The Labute approximate surface area is 105 Å². The molecule has 0 amide bonds. The molecule has 0 aliphatic heterocycles. The van der Waals surface area contributed by atoms with Gasteiger partial charge in [0, 0.05) is 6.20 Å². The van der Waals surface area contributed by atoms with Gasteiger partial charge in [-0.1, -0.05) is 18.2 Å². The fourth-order valence-corrected chi connectivity index (χ4v) is 1.93. The fourth-order valence-electron chi connectivity index (χ4n) is 1.93. The summed E-state index contributed by atoms with van der Waals surface area (Å²) >= 11 is 0. The monoisotopic (exact) mass is 239 g/mol. The lowest BCUT2D eigenvalue weighted by Crippen LogP contribution is -1.90. The van der Waals surface area contributed by atoms with Crippen molar-refractivity contribution < 1.29 is 4.74 Å². The Morgan fingerprint density at radius 1 is 1.11 bits per heavy atom. The van der Waals surface area contributed by atoms with E-state index in [0.717, 1.165) is 22.5 Å². The van der Waals surface area contributed by atoms with Crippen LogP contribution in [0.3, 0.4) is 0 Å². The number of rotatable bonds is 2. The summed E-state index contributed by atoms with van der Waals surface area (Å²) < 4.78 is 7.12. The Balaban J connectivity index is 2.19. The zero-order chi connectivity index (χ0) is 12.5. The van der Waals surface area contributed by atoms with E-state index in [0.29, 0.717) is 5.82 Å². The van der Waals surface area contributed by atoms with Crippen LogP contribution in [-0.4, -0.2) is 21.7 Å². The summed E-state index contributed by atoms with van der Waals surface area (Å²) in [5.74, 6) is 1.46.